The van der Waals surface area contributed by atoms with E-state index in [1.807, 2.05) is 49.6 Å². The first-order valence-corrected chi connectivity index (χ1v) is 9.86. The number of methoxy groups -OCH3 is 1. The molecule has 0 N–H and O–H groups in total. The number of benzene rings is 1. The molecule has 0 saturated carbocycles. The molecule has 0 atom stereocenters. The largest absolute Gasteiger partial charge is 0.494 e. The second kappa shape index (κ2) is 8.10. The summed E-state index contributed by atoms with van der Waals surface area (Å²) in [6.07, 6.45) is 0. The van der Waals surface area contributed by atoms with Crippen molar-refractivity contribution in [3.05, 3.63) is 50.7 Å². The summed E-state index contributed by atoms with van der Waals surface area (Å²) in [5.74, 6) is -0.289. The average Bonchev–Trinajstić information content (AvgIpc) is 3.18. The van der Waals surface area contributed by atoms with Gasteiger partial charge in [-0.2, -0.15) is 4.68 Å². The van der Waals surface area contributed by atoms with E-state index in [9.17, 15) is 9.59 Å². The van der Waals surface area contributed by atoms with Crippen molar-refractivity contribution in [3.63, 3.8) is 0 Å². The summed E-state index contributed by atoms with van der Waals surface area (Å²) in [6.45, 7) is 3.61. The first-order valence-electron chi connectivity index (χ1n) is 8.18. The van der Waals surface area contributed by atoms with Gasteiger partial charge in [-0.05, 0) is 41.9 Å². The van der Waals surface area contributed by atoms with Crippen LogP contribution >= 0.6 is 27.3 Å². The Bertz CT molecular complexity index is 994. The molecule has 7 nitrogen and oxygen atoms in total. The van der Waals surface area contributed by atoms with Gasteiger partial charge in [-0.25, -0.2) is 4.79 Å². The molecule has 2 heterocycles. The Labute approximate surface area is 168 Å². The predicted molar refractivity (Wildman–Crippen MR) is 107 cm³/mol. The first-order chi connectivity index (χ1) is 12.9. The van der Waals surface area contributed by atoms with Gasteiger partial charge < -0.3 is 14.1 Å². The second-order valence-electron chi connectivity index (χ2n) is 5.97. The van der Waals surface area contributed by atoms with Crippen molar-refractivity contribution in [2.45, 2.75) is 26.4 Å². The Kier molecular flexibility index (Phi) is 5.81. The lowest BCUT2D eigenvalue weighted by Crippen LogP contribution is -2.40. The number of amides is 1. The van der Waals surface area contributed by atoms with Crippen LogP contribution in [0.25, 0.3) is 10.8 Å². The highest BCUT2D eigenvalue weighted by molar-refractivity contribution is 9.10. The van der Waals surface area contributed by atoms with Gasteiger partial charge in [0.2, 0.25) is 5.91 Å². The van der Waals surface area contributed by atoms with E-state index in [2.05, 4.69) is 21.0 Å². The van der Waals surface area contributed by atoms with E-state index in [1.54, 1.807) is 4.90 Å². The fourth-order valence-corrected chi connectivity index (χ4v) is 4.27. The van der Waals surface area contributed by atoms with E-state index in [0.29, 0.717) is 10.6 Å². The third-order valence-electron chi connectivity index (χ3n) is 3.81. The van der Waals surface area contributed by atoms with E-state index in [4.69, 9.17) is 9.15 Å². The van der Waals surface area contributed by atoms with Crippen LogP contribution in [0.5, 0.6) is 5.75 Å². The fourth-order valence-electron chi connectivity index (χ4n) is 2.68. The van der Waals surface area contributed by atoms with Crippen molar-refractivity contribution in [2.75, 3.05) is 12.0 Å². The fraction of sp³-hybridized carbons (Fsp3) is 0.278. The molecule has 27 heavy (non-hydrogen) atoms. The third-order valence-corrected chi connectivity index (χ3v) is 5.65. The summed E-state index contributed by atoms with van der Waals surface area (Å²) in [6, 6.07) is 9.23. The number of anilines is 1. The van der Waals surface area contributed by atoms with Crippen LogP contribution < -0.4 is 15.4 Å². The molecule has 0 radical (unpaired) electrons. The molecule has 1 amide bonds. The summed E-state index contributed by atoms with van der Waals surface area (Å²) < 4.78 is 12.3. The maximum atomic E-state index is 12.8. The van der Waals surface area contributed by atoms with Gasteiger partial charge in [-0.1, -0.05) is 18.2 Å². The number of thiophene rings is 1. The lowest BCUT2D eigenvalue weighted by Gasteiger charge is -2.26. The minimum Gasteiger partial charge on any atom is -0.494 e. The smallest absolute Gasteiger partial charge is 0.437 e. The molecule has 0 aliphatic carbocycles. The zero-order chi connectivity index (χ0) is 19.6. The van der Waals surface area contributed by atoms with Gasteiger partial charge in [0.1, 0.15) is 11.4 Å². The van der Waals surface area contributed by atoms with Crippen LogP contribution in [0.15, 0.2) is 49.4 Å². The molecule has 3 aromatic rings. The Morgan fingerprint density at radius 1 is 1.37 bits per heavy atom. The number of nitrogens with zero attached hydrogens (tertiary/aromatic N) is 3. The molecule has 0 spiro atoms. The molecule has 3 rings (SSSR count). The van der Waals surface area contributed by atoms with Crippen LogP contribution in [0.1, 0.15) is 13.8 Å². The zero-order valence-electron chi connectivity index (χ0n) is 15.0. The molecule has 0 fully saturated rings. The van der Waals surface area contributed by atoms with Crippen LogP contribution in [0.4, 0.5) is 5.69 Å². The highest BCUT2D eigenvalue weighted by Crippen LogP contribution is 2.40. The normalized spacial score (nSPS) is 11.0. The number of hydrogen-bond acceptors (Lipinski definition) is 6. The van der Waals surface area contributed by atoms with Gasteiger partial charge in [0, 0.05) is 17.1 Å². The molecule has 0 saturated heterocycles. The van der Waals surface area contributed by atoms with Crippen LogP contribution in [0.3, 0.4) is 0 Å². The number of hydrogen-bond donors (Lipinski definition) is 0. The Balaban J connectivity index is 1.88. The number of ether oxygens (including phenoxy) is 1. The van der Waals surface area contributed by atoms with Gasteiger partial charge in [-0.3, -0.25) is 4.79 Å². The van der Waals surface area contributed by atoms with Crippen LogP contribution in [0.2, 0.25) is 0 Å². The van der Waals surface area contributed by atoms with Crippen molar-refractivity contribution in [1.82, 2.24) is 9.78 Å². The average molecular weight is 452 g/mol. The van der Waals surface area contributed by atoms with Crippen molar-refractivity contribution in [3.8, 4) is 16.5 Å². The van der Waals surface area contributed by atoms with Crippen LogP contribution in [0, 0.1) is 0 Å². The monoisotopic (exact) mass is 451 g/mol. The third kappa shape index (κ3) is 3.98. The van der Waals surface area contributed by atoms with E-state index >= 15 is 0 Å². The number of carbonyl (C=O) groups is 1. The number of halogens is 1. The topological polar surface area (TPSA) is 77.6 Å². The Hall–Kier alpha value is -2.39. The Morgan fingerprint density at radius 3 is 2.70 bits per heavy atom. The molecule has 0 bridgehead atoms. The molecule has 0 unspecified atom stereocenters. The zero-order valence-corrected chi connectivity index (χ0v) is 17.4. The second-order valence-corrected chi connectivity index (χ2v) is 7.70. The highest BCUT2D eigenvalue weighted by atomic mass is 79.9. The maximum Gasteiger partial charge on any atom is 0.437 e. The van der Waals surface area contributed by atoms with Gasteiger partial charge in [0.05, 0.1) is 11.6 Å². The van der Waals surface area contributed by atoms with E-state index < -0.39 is 5.76 Å². The quantitative estimate of drug-likeness (QED) is 0.569. The minimum atomic E-state index is -0.693. The van der Waals surface area contributed by atoms with Crippen LogP contribution in [-0.2, 0) is 11.3 Å². The number of para-hydroxylation sites is 1. The van der Waals surface area contributed by atoms with Crippen molar-refractivity contribution in [1.29, 1.82) is 0 Å². The SMILES string of the molecule is COc1c(Br)csc1-c1nn(CC(=O)N(c2ccccc2)C(C)C)c(=O)o1. The Morgan fingerprint density at radius 2 is 2.07 bits per heavy atom. The van der Waals surface area contributed by atoms with E-state index in [-0.39, 0.29) is 24.4 Å². The number of rotatable bonds is 6. The highest BCUT2D eigenvalue weighted by Gasteiger charge is 2.23. The van der Waals surface area contributed by atoms with Gasteiger partial charge in [0.25, 0.3) is 5.89 Å². The molecular formula is C18H18BrN3O4S. The molecular weight excluding hydrogens is 434 g/mol. The van der Waals surface area contributed by atoms with E-state index in [1.165, 1.54) is 18.4 Å². The van der Waals surface area contributed by atoms with Gasteiger partial charge in [0.15, 0.2) is 5.75 Å². The molecule has 2 aromatic heterocycles. The predicted octanol–water partition coefficient (Wildman–Crippen LogP) is 3.78. The standard InChI is InChI=1S/C18H18BrN3O4S/c1-11(2)22(12-7-5-4-6-8-12)14(23)9-21-18(24)26-17(20-21)16-15(25-3)13(19)10-27-16/h4-8,10-11H,9H2,1-3H3. The molecule has 0 aliphatic heterocycles. The van der Waals surface area contributed by atoms with E-state index in [0.717, 1.165) is 14.8 Å². The van der Waals surface area contributed by atoms with Crippen molar-refractivity contribution >= 4 is 38.9 Å². The van der Waals surface area contributed by atoms with Gasteiger partial charge in [-0.15, -0.1) is 16.4 Å². The summed E-state index contributed by atoms with van der Waals surface area (Å²) >= 11 is 4.70. The van der Waals surface area contributed by atoms with Crippen LogP contribution in [-0.4, -0.2) is 28.8 Å². The molecule has 1 aromatic carbocycles. The lowest BCUT2D eigenvalue weighted by molar-refractivity contribution is -0.119. The molecule has 0 aliphatic rings. The first kappa shape index (κ1) is 19.4. The van der Waals surface area contributed by atoms with Crippen molar-refractivity contribution in [2.24, 2.45) is 0 Å². The minimum absolute atomic E-state index is 0.0738. The number of aromatic nitrogens is 2. The maximum absolute atomic E-state index is 12.8. The molecule has 9 heteroatoms. The summed E-state index contributed by atoms with van der Waals surface area (Å²) in [5.41, 5.74) is 0.762. The molecule has 142 valence electrons. The summed E-state index contributed by atoms with van der Waals surface area (Å²) in [5, 5.41) is 5.99. The number of carbonyl (C=O) groups excluding carboxylic acids is 1. The van der Waals surface area contributed by atoms with Gasteiger partial charge >= 0.3 is 5.76 Å². The summed E-state index contributed by atoms with van der Waals surface area (Å²) in [4.78, 5) is 27.2. The summed E-state index contributed by atoms with van der Waals surface area (Å²) in [7, 11) is 1.52. The lowest BCUT2D eigenvalue weighted by atomic mass is 10.2. The van der Waals surface area contributed by atoms with Crippen molar-refractivity contribution < 1.29 is 13.9 Å².